The number of hydrogen-bond donors (Lipinski definition) is 1. The van der Waals surface area contributed by atoms with Crippen LogP contribution in [0.2, 0.25) is 10.3 Å². The second-order valence-electron chi connectivity index (χ2n) is 2.29. The number of halogens is 2. The molecule has 5 nitrogen and oxygen atoms in total. The predicted octanol–water partition coefficient (Wildman–Crippen LogP) is 1.55. The molecule has 0 saturated heterocycles. The van der Waals surface area contributed by atoms with Crippen molar-refractivity contribution < 1.29 is 0 Å². The lowest BCUT2D eigenvalue weighted by Gasteiger charge is -1.83. The normalized spacial score (nSPS) is 8.93. The molecule has 1 N–H and O–H groups in total. The molecule has 0 aliphatic heterocycles. The molecule has 0 spiro atoms. The quantitative estimate of drug-likeness (QED) is 0.764. The van der Waals surface area contributed by atoms with Gasteiger partial charge in [-0.3, -0.25) is 4.79 Å². The van der Waals surface area contributed by atoms with Gasteiger partial charge < -0.3 is 0 Å². The summed E-state index contributed by atoms with van der Waals surface area (Å²) in [6, 6.07) is 6.15. The fourth-order valence-electron chi connectivity index (χ4n) is 0.611. The minimum absolute atomic E-state index is 0.164. The molecule has 7 heteroatoms. The van der Waals surface area contributed by atoms with Gasteiger partial charge in [0.2, 0.25) is 0 Å². The highest BCUT2D eigenvalue weighted by Crippen LogP contribution is 2.05. The molecule has 2 heterocycles. The van der Waals surface area contributed by atoms with E-state index in [2.05, 4.69) is 20.4 Å². The topological polar surface area (TPSA) is 71.5 Å². The van der Waals surface area contributed by atoms with Crippen LogP contribution in [0.5, 0.6) is 0 Å². The summed E-state index contributed by atoms with van der Waals surface area (Å²) < 4.78 is 0. The van der Waals surface area contributed by atoms with Crippen LogP contribution in [0.25, 0.3) is 0 Å². The summed E-state index contributed by atoms with van der Waals surface area (Å²) >= 11 is 10.8. The van der Waals surface area contributed by atoms with Crippen molar-refractivity contribution in [2.45, 2.75) is 0 Å². The molecule has 0 bridgehead atoms. The third kappa shape index (κ3) is 5.09. The number of hydrogen-bond acceptors (Lipinski definition) is 4. The molecule has 0 aromatic carbocycles. The second kappa shape index (κ2) is 6.10. The summed E-state index contributed by atoms with van der Waals surface area (Å²) in [4.78, 5) is 10.2. The average Bonchev–Trinajstić information content (AvgIpc) is 2.25. The largest absolute Gasteiger partial charge is 0.268 e. The van der Waals surface area contributed by atoms with Gasteiger partial charge in [-0.1, -0.05) is 23.2 Å². The Morgan fingerprint density at radius 2 is 1.67 bits per heavy atom. The number of nitrogens with zero attached hydrogens (tertiary/aromatic N) is 3. The Kier molecular flexibility index (Phi) is 4.73. The Hall–Kier alpha value is -1.46. The van der Waals surface area contributed by atoms with E-state index in [1.54, 1.807) is 18.2 Å². The van der Waals surface area contributed by atoms with Crippen molar-refractivity contribution in [1.82, 2.24) is 20.4 Å². The highest BCUT2D eigenvalue weighted by molar-refractivity contribution is 6.31. The van der Waals surface area contributed by atoms with Crippen LogP contribution >= 0.6 is 23.2 Å². The van der Waals surface area contributed by atoms with Crippen molar-refractivity contribution in [3.05, 3.63) is 51.1 Å². The first-order valence-corrected chi connectivity index (χ1v) is 4.58. The monoisotopic (exact) mass is 244 g/mol. The average molecular weight is 245 g/mol. The van der Waals surface area contributed by atoms with Gasteiger partial charge in [0.15, 0.2) is 10.3 Å². The van der Waals surface area contributed by atoms with E-state index in [1.165, 1.54) is 12.3 Å². The second-order valence-corrected chi connectivity index (χ2v) is 3.07. The Labute approximate surface area is 95.1 Å². The maximum atomic E-state index is 10.2. The minimum Gasteiger partial charge on any atom is -0.268 e. The van der Waals surface area contributed by atoms with Crippen molar-refractivity contribution in [3.63, 3.8) is 0 Å². The van der Waals surface area contributed by atoms with Crippen LogP contribution < -0.4 is 5.56 Å². The van der Waals surface area contributed by atoms with Gasteiger partial charge >= 0.3 is 0 Å². The summed E-state index contributed by atoms with van der Waals surface area (Å²) in [5.74, 6) is 0. The zero-order valence-electron chi connectivity index (χ0n) is 7.39. The van der Waals surface area contributed by atoms with E-state index in [9.17, 15) is 4.79 Å². The lowest BCUT2D eigenvalue weighted by Crippen LogP contribution is -2.02. The van der Waals surface area contributed by atoms with Crippen LogP contribution in [-0.4, -0.2) is 20.4 Å². The van der Waals surface area contributed by atoms with Crippen LogP contribution in [0.1, 0.15) is 0 Å². The molecule has 0 fully saturated rings. The zero-order valence-corrected chi connectivity index (χ0v) is 8.90. The summed E-state index contributed by atoms with van der Waals surface area (Å²) in [6.45, 7) is 0. The van der Waals surface area contributed by atoms with Crippen LogP contribution in [0.15, 0.2) is 35.3 Å². The van der Waals surface area contributed by atoms with Gasteiger partial charge in [-0.25, -0.2) is 5.10 Å². The van der Waals surface area contributed by atoms with Gasteiger partial charge in [-0.2, -0.15) is 5.10 Å². The fourth-order valence-corrected chi connectivity index (χ4v) is 0.813. The maximum Gasteiger partial charge on any atom is 0.264 e. The lowest BCUT2D eigenvalue weighted by molar-refractivity contribution is 0.988. The van der Waals surface area contributed by atoms with E-state index >= 15 is 0 Å². The molecule has 2 aromatic rings. The minimum atomic E-state index is -0.164. The first kappa shape index (κ1) is 11.6. The SMILES string of the molecule is Clc1ccc(Cl)nn1.O=c1cccn[nH]1. The van der Waals surface area contributed by atoms with Gasteiger partial charge in [-0.05, 0) is 18.2 Å². The van der Waals surface area contributed by atoms with Crippen LogP contribution in [-0.2, 0) is 0 Å². The molecule has 0 amide bonds. The third-order valence-corrected chi connectivity index (χ3v) is 1.59. The number of aromatic amines is 1. The first-order valence-electron chi connectivity index (χ1n) is 3.83. The van der Waals surface area contributed by atoms with Gasteiger partial charge in [0.25, 0.3) is 5.56 Å². The fraction of sp³-hybridized carbons (Fsp3) is 0. The number of H-pyrrole nitrogens is 1. The Bertz CT molecular complexity index is 418. The molecule has 2 rings (SSSR count). The van der Waals surface area contributed by atoms with E-state index in [1.807, 2.05) is 0 Å². The van der Waals surface area contributed by atoms with Crippen LogP contribution in [0.4, 0.5) is 0 Å². The number of nitrogens with one attached hydrogen (secondary N) is 1. The molecule has 0 unspecified atom stereocenters. The molecule has 2 aromatic heterocycles. The van der Waals surface area contributed by atoms with E-state index < -0.39 is 0 Å². The predicted molar refractivity (Wildman–Crippen MR) is 56.9 cm³/mol. The summed E-state index contributed by atoms with van der Waals surface area (Å²) in [5.41, 5.74) is -0.164. The van der Waals surface area contributed by atoms with E-state index in [0.717, 1.165) is 0 Å². The molecule has 0 radical (unpaired) electrons. The van der Waals surface area contributed by atoms with Crippen LogP contribution in [0.3, 0.4) is 0 Å². The van der Waals surface area contributed by atoms with Crippen LogP contribution in [0, 0.1) is 0 Å². The molecule has 78 valence electrons. The molecule has 0 aliphatic carbocycles. The molecular formula is C8H6Cl2N4O. The van der Waals surface area contributed by atoms with Crippen molar-refractivity contribution in [3.8, 4) is 0 Å². The lowest BCUT2D eigenvalue weighted by atomic mass is 10.6. The highest BCUT2D eigenvalue weighted by atomic mass is 35.5. The smallest absolute Gasteiger partial charge is 0.264 e. The maximum absolute atomic E-state index is 10.2. The summed E-state index contributed by atoms with van der Waals surface area (Å²) in [5, 5.41) is 13.3. The third-order valence-electron chi connectivity index (χ3n) is 1.18. The molecule has 0 atom stereocenters. The van der Waals surface area contributed by atoms with Crippen molar-refractivity contribution in [2.75, 3.05) is 0 Å². The van der Waals surface area contributed by atoms with Gasteiger partial charge in [-0.15, -0.1) is 10.2 Å². The van der Waals surface area contributed by atoms with Gasteiger partial charge in [0.05, 0.1) is 0 Å². The standard InChI is InChI=1S/C4H2Cl2N2.C4H4N2O/c5-3-1-2-4(6)8-7-3;7-4-2-1-3-5-6-4/h1-2H;1-3H,(H,6,7). The Balaban J connectivity index is 0.000000151. The van der Waals surface area contributed by atoms with Crippen molar-refractivity contribution in [1.29, 1.82) is 0 Å². The number of rotatable bonds is 0. The van der Waals surface area contributed by atoms with Gasteiger partial charge in [0.1, 0.15) is 0 Å². The van der Waals surface area contributed by atoms with E-state index in [0.29, 0.717) is 10.3 Å². The van der Waals surface area contributed by atoms with Crippen molar-refractivity contribution in [2.24, 2.45) is 0 Å². The zero-order chi connectivity index (χ0) is 11.1. The number of aromatic nitrogens is 4. The van der Waals surface area contributed by atoms with E-state index in [4.69, 9.17) is 23.2 Å². The molecule has 15 heavy (non-hydrogen) atoms. The summed E-state index contributed by atoms with van der Waals surface area (Å²) in [6.07, 6.45) is 1.52. The highest BCUT2D eigenvalue weighted by Gasteiger charge is 1.87. The molecule has 0 aliphatic rings. The van der Waals surface area contributed by atoms with Crippen molar-refractivity contribution >= 4 is 23.2 Å². The summed E-state index contributed by atoms with van der Waals surface area (Å²) in [7, 11) is 0. The Morgan fingerprint density at radius 1 is 1.07 bits per heavy atom. The molecular weight excluding hydrogens is 239 g/mol. The van der Waals surface area contributed by atoms with E-state index in [-0.39, 0.29) is 5.56 Å². The Morgan fingerprint density at radius 3 is 1.93 bits per heavy atom. The van der Waals surface area contributed by atoms with Gasteiger partial charge in [0, 0.05) is 12.3 Å². The first-order chi connectivity index (χ1) is 7.18. The molecule has 0 saturated carbocycles.